The molecule has 19 heavy (non-hydrogen) atoms. The van der Waals surface area contributed by atoms with Gasteiger partial charge in [0.2, 0.25) is 5.91 Å². The molecular formula is C12H16N2O5. The van der Waals surface area contributed by atoms with Gasteiger partial charge in [0.25, 0.3) is 0 Å². The lowest BCUT2D eigenvalue weighted by atomic mass is 9.98. The van der Waals surface area contributed by atoms with Crippen molar-refractivity contribution in [1.82, 2.24) is 5.32 Å². The molecule has 104 valence electrons. The van der Waals surface area contributed by atoms with Crippen LogP contribution in [0.2, 0.25) is 0 Å². The highest BCUT2D eigenvalue weighted by Crippen LogP contribution is 2.15. The van der Waals surface area contributed by atoms with Gasteiger partial charge in [0.1, 0.15) is 6.04 Å². The van der Waals surface area contributed by atoms with Crippen molar-refractivity contribution in [2.45, 2.75) is 31.3 Å². The molecule has 0 aromatic heterocycles. The first-order valence-corrected chi connectivity index (χ1v) is 5.76. The molecule has 0 radical (unpaired) electrons. The fraction of sp³-hybridized carbons (Fsp3) is 0.417. The smallest absolute Gasteiger partial charge is 0.330 e. The number of carboxylic acids is 2. The third kappa shape index (κ3) is 4.55. The number of hydrogen-bond acceptors (Lipinski definition) is 4. The fourth-order valence-corrected chi connectivity index (χ4v) is 1.70. The van der Waals surface area contributed by atoms with Crippen LogP contribution in [-0.4, -0.2) is 40.1 Å². The van der Waals surface area contributed by atoms with E-state index >= 15 is 0 Å². The van der Waals surface area contributed by atoms with Crippen LogP contribution < -0.4 is 11.1 Å². The summed E-state index contributed by atoms with van der Waals surface area (Å²) in [6, 6.07) is -2.43. The molecular weight excluding hydrogens is 252 g/mol. The first kappa shape index (κ1) is 14.9. The van der Waals surface area contributed by atoms with Crippen LogP contribution >= 0.6 is 0 Å². The van der Waals surface area contributed by atoms with Crippen LogP contribution in [0, 0.1) is 0 Å². The van der Waals surface area contributed by atoms with Gasteiger partial charge < -0.3 is 21.3 Å². The molecule has 0 bridgehead atoms. The lowest BCUT2D eigenvalue weighted by Crippen LogP contribution is -2.49. The third-order valence-corrected chi connectivity index (χ3v) is 2.67. The predicted octanol–water partition coefficient (Wildman–Crippen LogP) is -0.366. The highest BCUT2D eigenvalue weighted by molar-refractivity contribution is 5.90. The Morgan fingerprint density at radius 2 is 2.00 bits per heavy atom. The number of hydrogen-bond donors (Lipinski definition) is 4. The summed E-state index contributed by atoms with van der Waals surface area (Å²) < 4.78 is 0. The van der Waals surface area contributed by atoms with Gasteiger partial charge in [-0.1, -0.05) is 18.2 Å². The van der Waals surface area contributed by atoms with E-state index < -0.39 is 36.4 Å². The SMILES string of the molecule is N[C@@H](CC(=O)O)C(=O)N[C@H](C(=O)O)C1=CCC=CC1. The minimum Gasteiger partial charge on any atom is -0.481 e. The second-order valence-electron chi connectivity index (χ2n) is 4.17. The monoisotopic (exact) mass is 268 g/mol. The normalized spacial score (nSPS) is 17.2. The Kier molecular flexibility index (Phi) is 5.25. The van der Waals surface area contributed by atoms with Crippen LogP contribution in [0.15, 0.2) is 23.8 Å². The van der Waals surface area contributed by atoms with Gasteiger partial charge in [-0.25, -0.2) is 4.79 Å². The van der Waals surface area contributed by atoms with Crippen molar-refractivity contribution in [2.24, 2.45) is 5.73 Å². The summed E-state index contributed by atoms with van der Waals surface area (Å²) in [5.74, 6) is -3.20. The van der Waals surface area contributed by atoms with Gasteiger partial charge in [-0.15, -0.1) is 0 Å². The zero-order valence-corrected chi connectivity index (χ0v) is 10.2. The summed E-state index contributed by atoms with van der Waals surface area (Å²) in [6.45, 7) is 0. The zero-order chi connectivity index (χ0) is 14.4. The molecule has 1 aliphatic carbocycles. The minimum atomic E-state index is -1.26. The highest BCUT2D eigenvalue weighted by atomic mass is 16.4. The lowest BCUT2D eigenvalue weighted by Gasteiger charge is -2.20. The molecule has 0 aromatic rings. The number of carboxylic acid groups (broad SMARTS) is 2. The van der Waals surface area contributed by atoms with Gasteiger partial charge in [0.05, 0.1) is 12.5 Å². The van der Waals surface area contributed by atoms with Crippen molar-refractivity contribution in [3.8, 4) is 0 Å². The molecule has 2 atom stereocenters. The highest BCUT2D eigenvalue weighted by Gasteiger charge is 2.27. The molecule has 0 aromatic carbocycles. The van der Waals surface area contributed by atoms with E-state index in [1.165, 1.54) is 0 Å². The number of nitrogens with two attached hydrogens (primary N) is 1. The van der Waals surface area contributed by atoms with Crippen LogP contribution in [0.1, 0.15) is 19.3 Å². The fourth-order valence-electron chi connectivity index (χ4n) is 1.70. The van der Waals surface area contributed by atoms with Gasteiger partial charge in [-0.05, 0) is 18.4 Å². The topological polar surface area (TPSA) is 130 Å². The molecule has 7 nitrogen and oxygen atoms in total. The number of carbonyl (C=O) groups is 3. The van der Waals surface area contributed by atoms with Crippen LogP contribution in [0.25, 0.3) is 0 Å². The molecule has 0 aliphatic heterocycles. The second kappa shape index (κ2) is 6.69. The first-order valence-electron chi connectivity index (χ1n) is 5.76. The Morgan fingerprint density at radius 1 is 1.32 bits per heavy atom. The van der Waals surface area contributed by atoms with E-state index in [9.17, 15) is 14.4 Å². The Bertz CT molecular complexity index is 441. The molecule has 0 fully saturated rings. The summed E-state index contributed by atoms with van der Waals surface area (Å²) in [7, 11) is 0. The average molecular weight is 268 g/mol. The molecule has 1 amide bonds. The quantitative estimate of drug-likeness (QED) is 0.486. The van der Waals surface area contributed by atoms with Crippen molar-refractivity contribution in [3.63, 3.8) is 0 Å². The molecule has 0 heterocycles. The summed E-state index contributed by atoms with van der Waals surface area (Å²) in [4.78, 5) is 33.2. The second-order valence-corrected chi connectivity index (χ2v) is 4.17. The molecule has 0 saturated carbocycles. The zero-order valence-electron chi connectivity index (χ0n) is 10.2. The molecule has 0 saturated heterocycles. The van der Waals surface area contributed by atoms with E-state index in [4.69, 9.17) is 15.9 Å². The van der Waals surface area contributed by atoms with Gasteiger partial charge in [0.15, 0.2) is 0 Å². The maximum atomic E-state index is 11.6. The van der Waals surface area contributed by atoms with E-state index in [1.54, 1.807) is 6.08 Å². The number of allylic oxidation sites excluding steroid dienone is 3. The van der Waals surface area contributed by atoms with Crippen molar-refractivity contribution in [1.29, 1.82) is 0 Å². The van der Waals surface area contributed by atoms with E-state index in [0.29, 0.717) is 18.4 Å². The van der Waals surface area contributed by atoms with E-state index in [1.807, 2.05) is 12.2 Å². The standard InChI is InChI=1S/C12H16N2O5/c13-8(6-9(15)16)11(17)14-10(12(18)19)7-4-2-1-3-5-7/h1-2,5,8,10H,3-4,6,13H2,(H,14,17)(H,15,16)(H,18,19)/t8-,10-/m0/s1. The summed E-state index contributed by atoms with van der Waals surface area (Å²) in [5.41, 5.74) is 5.94. The summed E-state index contributed by atoms with van der Waals surface area (Å²) >= 11 is 0. The van der Waals surface area contributed by atoms with Gasteiger partial charge in [-0.2, -0.15) is 0 Å². The molecule has 7 heteroatoms. The maximum absolute atomic E-state index is 11.6. The molecule has 1 rings (SSSR count). The van der Waals surface area contributed by atoms with Crippen molar-refractivity contribution in [3.05, 3.63) is 23.8 Å². The number of aliphatic carboxylic acids is 2. The van der Waals surface area contributed by atoms with Crippen LogP contribution in [0.3, 0.4) is 0 Å². The Balaban J connectivity index is 2.68. The first-order chi connectivity index (χ1) is 8.91. The summed E-state index contributed by atoms with van der Waals surface area (Å²) in [6.07, 6.45) is 5.93. The Hall–Kier alpha value is -2.15. The van der Waals surface area contributed by atoms with Crippen molar-refractivity contribution >= 4 is 17.8 Å². The van der Waals surface area contributed by atoms with Crippen molar-refractivity contribution < 1.29 is 24.6 Å². The summed E-state index contributed by atoms with van der Waals surface area (Å²) in [5, 5.41) is 19.9. The number of amides is 1. The Morgan fingerprint density at radius 3 is 2.47 bits per heavy atom. The van der Waals surface area contributed by atoms with Gasteiger partial charge in [-0.3, -0.25) is 9.59 Å². The Labute approximate surface area is 109 Å². The average Bonchev–Trinajstić information content (AvgIpc) is 2.35. The molecule has 0 unspecified atom stereocenters. The molecule has 0 spiro atoms. The largest absolute Gasteiger partial charge is 0.481 e. The number of nitrogens with one attached hydrogen (secondary N) is 1. The van der Waals surface area contributed by atoms with Gasteiger partial charge in [0, 0.05) is 0 Å². The minimum absolute atomic E-state index is 0.436. The number of rotatable bonds is 6. The van der Waals surface area contributed by atoms with E-state index in [2.05, 4.69) is 5.32 Å². The predicted molar refractivity (Wildman–Crippen MR) is 66.3 cm³/mol. The number of carbonyl (C=O) groups excluding carboxylic acids is 1. The van der Waals surface area contributed by atoms with E-state index in [0.717, 1.165) is 0 Å². The van der Waals surface area contributed by atoms with Crippen molar-refractivity contribution in [2.75, 3.05) is 0 Å². The van der Waals surface area contributed by atoms with Gasteiger partial charge >= 0.3 is 11.9 Å². The molecule has 1 aliphatic rings. The molecule has 5 N–H and O–H groups in total. The van der Waals surface area contributed by atoms with E-state index in [-0.39, 0.29) is 0 Å². The maximum Gasteiger partial charge on any atom is 0.330 e. The lowest BCUT2D eigenvalue weighted by molar-refractivity contribution is -0.141. The van der Waals surface area contributed by atoms with Crippen LogP contribution in [-0.2, 0) is 14.4 Å². The van der Waals surface area contributed by atoms with Crippen LogP contribution in [0.5, 0.6) is 0 Å². The third-order valence-electron chi connectivity index (χ3n) is 2.67. The van der Waals surface area contributed by atoms with Crippen LogP contribution in [0.4, 0.5) is 0 Å².